The number of rotatable bonds is 9. The lowest BCUT2D eigenvalue weighted by Gasteiger charge is -2.21. The number of carbonyl (C=O) groups is 1. The average molecular weight is 438 g/mol. The molecule has 0 bridgehead atoms. The fourth-order valence-corrected chi connectivity index (χ4v) is 4.09. The van der Waals surface area contributed by atoms with Crippen LogP contribution >= 0.6 is 11.8 Å². The molecule has 0 radical (unpaired) electrons. The monoisotopic (exact) mass is 437 g/mol. The molecule has 3 aromatic rings. The lowest BCUT2D eigenvalue weighted by Crippen LogP contribution is -2.21. The third kappa shape index (κ3) is 5.67. The van der Waals surface area contributed by atoms with Crippen LogP contribution in [0.4, 0.5) is 11.4 Å². The van der Waals surface area contributed by atoms with E-state index in [9.17, 15) is 4.79 Å². The van der Waals surface area contributed by atoms with Crippen molar-refractivity contribution in [2.24, 2.45) is 7.05 Å². The number of nitrogens with zero attached hydrogens (tertiary/aromatic N) is 4. The van der Waals surface area contributed by atoms with E-state index in [1.165, 1.54) is 23.0 Å². The van der Waals surface area contributed by atoms with Crippen LogP contribution in [-0.2, 0) is 11.8 Å². The molecule has 0 aliphatic heterocycles. The van der Waals surface area contributed by atoms with Crippen molar-refractivity contribution >= 4 is 29.0 Å². The normalized spacial score (nSPS) is 11.0. The Morgan fingerprint density at radius 1 is 1.03 bits per heavy atom. The lowest BCUT2D eigenvalue weighted by molar-refractivity contribution is -0.113. The topological polar surface area (TPSA) is 63.1 Å². The van der Waals surface area contributed by atoms with Gasteiger partial charge in [0.25, 0.3) is 0 Å². The van der Waals surface area contributed by atoms with Crippen LogP contribution < -0.4 is 10.2 Å². The van der Waals surface area contributed by atoms with Crippen molar-refractivity contribution in [1.29, 1.82) is 0 Å². The van der Waals surface area contributed by atoms with Crippen molar-refractivity contribution in [3.63, 3.8) is 0 Å². The highest BCUT2D eigenvalue weighted by molar-refractivity contribution is 7.99. The van der Waals surface area contributed by atoms with Crippen LogP contribution in [0.1, 0.15) is 39.2 Å². The molecule has 0 atom stereocenters. The summed E-state index contributed by atoms with van der Waals surface area (Å²) in [6.45, 7) is 10.6. The third-order valence-corrected chi connectivity index (χ3v) is 6.30. The van der Waals surface area contributed by atoms with Gasteiger partial charge in [-0.2, -0.15) is 0 Å². The Kier molecular flexibility index (Phi) is 7.74. The van der Waals surface area contributed by atoms with Crippen LogP contribution in [0.5, 0.6) is 0 Å². The van der Waals surface area contributed by atoms with Gasteiger partial charge in [-0.15, -0.1) is 10.2 Å². The molecule has 0 saturated heterocycles. The van der Waals surface area contributed by atoms with Crippen molar-refractivity contribution in [2.45, 2.75) is 38.8 Å². The summed E-state index contributed by atoms with van der Waals surface area (Å²) in [7, 11) is 1.93. The third-order valence-electron chi connectivity index (χ3n) is 5.28. The zero-order valence-electron chi connectivity index (χ0n) is 18.9. The second kappa shape index (κ2) is 10.5. The molecular weight excluding hydrogens is 406 g/mol. The minimum absolute atomic E-state index is 0.0598. The fraction of sp³-hybridized carbons (Fsp3) is 0.375. The standard InChI is InChI=1S/C24H31N5OS/c1-6-29(7-2)21-14-10-19(11-15-21)23-26-27-24(28(23)5)31-16-22(30)25-20-12-8-18(9-13-20)17(3)4/h8-15,17H,6-7,16H2,1-5H3,(H,25,30). The summed E-state index contributed by atoms with van der Waals surface area (Å²) in [5.74, 6) is 1.48. The van der Waals surface area contributed by atoms with Gasteiger partial charge in [-0.25, -0.2) is 0 Å². The summed E-state index contributed by atoms with van der Waals surface area (Å²) in [5.41, 5.74) is 4.27. The second-order valence-corrected chi connectivity index (χ2v) is 8.64. The molecular formula is C24H31N5OS. The summed E-state index contributed by atoms with van der Waals surface area (Å²) >= 11 is 1.38. The summed E-state index contributed by atoms with van der Waals surface area (Å²) < 4.78 is 1.93. The smallest absolute Gasteiger partial charge is 0.234 e. The minimum Gasteiger partial charge on any atom is -0.372 e. The Morgan fingerprint density at radius 2 is 1.68 bits per heavy atom. The molecule has 164 valence electrons. The maximum Gasteiger partial charge on any atom is 0.234 e. The minimum atomic E-state index is -0.0598. The summed E-state index contributed by atoms with van der Waals surface area (Å²) in [6.07, 6.45) is 0. The number of benzene rings is 2. The molecule has 0 aliphatic rings. The van der Waals surface area contributed by atoms with Crippen LogP contribution in [0, 0.1) is 0 Å². The van der Waals surface area contributed by atoms with Gasteiger partial charge in [0.2, 0.25) is 5.91 Å². The molecule has 0 spiro atoms. The Morgan fingerprint density at radius 3 is 2.26 bits per heavy atom. The molecule has 6 nitrogen and oxygen atoms in total. The van der Waals surface area contributed by atoms with Gasteiger partial charge in [0.1, 0.15) is 0 Å². The van der Waals surface area contributed by atoms with Gasteiger partial charge >= 0.3 is 0 Å². The van der Waals surface area contributed by atoms with Crippen molar-refractivity contribution in [3.05, 3.63) is 54.1 Å². The molecule has 1 N–H and O–H groups in total. The van der Waals surface area contributed by atoms with Crippen molar-refractivity contribution in [3.8, 4) is 11.4 Å². The highest BCUT2D eigenvalue weighted by atomic mass is 32.2. The lowest BCUT2D eigenvalue weighted by atomic mass is 10.0. The molecule has 0 unspecified atom stereocenters. The molecule has 0 aliphatic carbocycles. The molecule has 1 amide bonds. The van der Waals surface area contributed by atoms with E-state index in [2.05, 4.69) is 72.4 Å². The number of amides is 1. The average Bonchev–Trinajstić information content (AvgIpc) is 3.14. The van der Waals surface area contributed by atoms with Gasteiger partial charge in [0.15, 0.2) is 11.0 Å². The largest absolute Gasteiger partial charge is 0.372 e. The first kappa shape index (κ1) is 22.9. The van der Waals surface area contributed by atoms with E-state index in [-0.39, 0.29) is 11.7 Å². The number of aromatic nitrogens is 3. The highest BCUT2D eigenvalue weighted by Crippen LogP contribution is 2.25. The maximum absolute atomic E-state index is 12.4. The highest BCUT2D eigenvalue weighted by Gasteiger charge is 2.14. The SMILES string of the molecule is CCN(CC)c1ccc(-c2nnc(SCC(=O)Nc3ccc(C(C)C)cc3)n2C)cc1. The molecule has 7 heteroatoms. The summed E-state index contributed by atoms with van der Waals surface area (Å²) in [4.78, 5) is 14.7. The van der Waals surface area contributed by atoms with Gasteiger partial charge < -0.3 is 14.8 Å². The zero-order valence-corrected chi connectivity index (χ0v) is 19.7. The first-order valence-electron chi connectivity index (χ1n) is 10.7. The van der Waals surface area contributed by atoms with Crippen LogP contribution in [0.25, 0.3) is 11.4 Å². The number of nitrogens with one attached hydrogen (secondary N) is 1. The van der Waals surface area contributed by atoms with Crippen molar-refractivity contribution in [2.75, 3.05) is 29.1 Å². The van der Waals surface area contributed by atoms with Crippen LogP contribution in [0.15, 0.2) is 53.7 Å². The number of thioether (sulfide) groups is 1. The van der Waals surface area contributed by atoms with E-state index in [1.54, 1.807) is 0 Å². The molecule has 3 rings (SSSR count). The predicted molar refractivity (Wildman–Crippen MR) is 130 cm³/mol. The molecule has 31 heavy (non-hydrogen) atoms. The first-order valence-corrected chi connectivity index (χ1v) is 11.7. The van der Waals surface area contributed by atoms with Gasteiger partial charge in [0.05, 0.1) is 5.75 Å². The number of carbonyl (C=O) groups excluding carboxylic acids is 1. The summed E-state index contributed by atoms with van der Waals surface area (Å²) in [5, 5.41) is 12.3. The van der Waals surface area contributed by atoms with Crippen LogP contribution in [0.3, 0.4) is 0 Å². The Hall–Kier alpha value is -2.80. The molecule has 0 fully saturated rings. The van der Waals surface area contributed by atoms with E-state index in [1.807, 2.05) is 35.9 Å². The number of hydrogen-bond acceptors (Lipinski definition) is 5. The zero-order chi connectivity index (χ0) is 22.4. The number of hydrogen-bond donors (Lipinski definition) is 1. The molecule has 1 aromatic heterocycles. The van der Waals surface area contributed by atoms with Crippen LogP contribution in [-0.4, -0.2) is 39.5 Å². The van der Waals surface area contributed by atoms with E-state index in [0.717, 1.165) is 30.2 Å². The maximum atomic E-state index is 12.4. The van der Waals surface area contributed by atoms with Crippen LogP contribution in [0.2, 0.25) is 0 Å². The fourth-order valence-electron chi connectivity index (χ4n) is 3.38. The summed E-state index contributed by atoms with van der Waals surface area (Å²) in [6, 6.07) is 16.4. The van der Waals surface area contributed by atoms with E-state index >= 15 is 0 Å². The second-order valence-electron chi connectivity index (χ2n) is 7.70. The first-order chi connectivity index (χ1) is 14.9. The molecule has 1 heterocycles. The van der Waals surface area contributed by atoms with E-state index < -0.39 is 0 Å². The van der Waals surface area contributed by atoms with E-state index in [4.69, 9.17) is 0 Å². The molecule has 0 saturated carbocycles. The van der Waals surface area contributed by atoms with Gasteiger partial charge in [-0.05, 0) is 61.7 Å². The Labute approximate surface area is 189 Å². The van der Waals surface area contributed by atoms with Gasteiger partial charge in [-0.3, -0.25) is 4.79 Å². The Bertz CT molecular complexity index is 992. The van der Waals surface area contributed by atoms with E-state index in [0.29, 0.717) is 11.1 Å². The van der Waals surface area contributed by atoms with Gasteiger partial charge in [-0.1, -0.05) is 37.7 Å². The quantitative estimate of drug-likeness (QED) is 0.467. The number of anilines is 2. The van der Waals surface area contributed by atoms with Crippen molar-refractivity contribution < 1.29 is 4.79 Å². The van der Waals surface area contributed by atoms with Crippen molar-refractivity contribution in [1.82, 2.24) is 14.8 Å². The predicted octanol–water partition coefficient (Wildman–Crippen LogP) is 5.18. The van der Waals surface area contributed by atoms with Gasteiger partial charge in [0, 0.05) is 37.1 Å². The Balaban J connectivity index is 1.60. The molecule has 2 aromatic carbocycles.